The number of hydrogen-bond acceptors (Lipinski definition) is 2. The molecular formula is C5H13ClN2O. The van der Waals surface area contributed by atoms with Gasteiger partial charge in [0.15, 0.2) is 0 Å². The van der Waals surface area contributed by atoms with Crippen LogP contribution in [0.4, 0.5) is 0 Å². The number of carbonyl (C=O) groups is 1. The van der Waals surface area contributed by atoms with Crippen LogP contribution in [0, 0.1) is 0 Å². The molecular weight excluding hydrogens is 140 g/mol. The number of nitrogens with two attached hydrogens (primary N) is 2. The second-order valence-corrected chi connectivity index (χ2v) is 1.98. The van der Waals surface area contributed by atoms with Crippen LogP contribution >= 0.6 is 12.4 Å². The molecule has 0 bridgehead atoms. The highest BCUT2D eigenvalue weighted by atomic mass is 35.5. The summed E-state index contributed by atoms with van der Waals surface area (Å²) in [5, 5.41) is 0. The van der Waals surface area contributed by atoms with Crippen molar-refractivity contribution in [1.29, 1.82) is 0 Å². The molecule has 0 radical (unpaired) electrons. The summed E-state index contributed by atoms with van der Waals surface area (Å²) in [5.74, 6) is -0.276. The molecule has 4 N–H and O–H groups in total. The van der Waals surface area contributed by atoms with Gasteiger partial charge in [-0.15, -0.1) is 12.4 Å². The Hall–Kier alpha value is -0.280. The second kappa shape index (κ2) is 5.85. The molecule has 0 aliphatic heterocycles. The van der Waals surface area contributed by atoms with Gasteiger partial charge in [0.25, 0.3) is 0 Å². The van der Waals surface area contributed by atoms with Crippen LogP contribution in [0.25, 0.3) is 0 Å². The minimum atomic E-state index is -0.276. The number of amides is 1. The summed E-state index contributed by atoms with van der Waals surface area (Å²) in [6, 6.07) is 0.0856. The quantitative estimate of drug-likeness (QED) is 0.599. The minimum absolute atomic E-state index is 0. The average molecular weight is 153 g/mol. The maximum atomic E-state index is 10.1. The zero-order valence-corrected chi connectivity index (χ0v) is 6.28. The number of carbonyl (C=O) groups excluding carboxylic acids is 1. The SMILES string of the molecule is CC(N)CCC(N)=O.Cl. The van der Waals surface area contributed by atoms with Gasteiger partial charge in [0.1, 0.15) is 0 Å². The van der Waals surface area contributed by atoms with Crippen LogP contribution in [-0.4, -0.2) is 11.9 Å². The first-order chi connectivity index (χ1) is 3.63. The molecule has 0 spiro atoms. The molecule has 9 heavy (non-hydrogen) atoms. The van der Waals surface area contributed by atoms with E-state index in [2.05, 4.69) is 0 Å². The molecule has 56 valence electrons. The van der Waals surface area contributed by atoms with E-state index in [4.69, 9.17) is 11.5 Å². The molecule has 0 rings (SSSR count). The van der Waals surface area contributed by atoms with Crippen molar-refractivity contribution in [3.63, 3.8) is 0 Å². The highest BCUT2D eigenvalue weighted by Crippen LogP contribution is 1.89. The zero-order valence-electron chi connectivity index (χ0n) is 5.46. The van der Waals surface area contributed by atoms with Crippen molar-refractivity contribution in [1.82, 2.24) is 0 Å². The van der Waals surface area contributed by atoms with Crippen LogP contribution in [0.2, 0.25) is 0 Å². The lowest BCUT2D eigenvalue weighted by Crippen LogP contribution is -2.19. The Morgan fingerprint density at radius 1 is 1.67 bits per heavy atom. The molecule has 0 fully saturated rings. The lowest BCUT2D eigenvalue weighted by molar-refractivity contribution is -0.118. The van der Waals surface area contributed by atoms with E-state index in [1.807, 2.05) is 6.92 Å². The van der Waals surface area contributed by atoms with Crippen molar-refractivity contribution in [2.45, 2.75) is 25.8 Å². The fourth-order valence-corrected chi connectivity index (χ4v) is 0.370. The summed E-state index contributed by atoms with van der Waals surface area (Å²) in [6.07, 6.45) is 1.09. The second-order valence-electron chi connectivity index (χ2n) is 1.98. The molecule has 0 aliphatic rings. The molecule has 0 aromatic rings. The lowest BCUT2D eigenvalue weighted by atomic mass is 10.2. The lowest BCUT2D eigenvalue weighted by Gasteiger charge is -1.99. The highest BCUT2D eigenvalue weighted by molar-refractivity contribution is 5.85. The van der Waals surface area contributed by atoms with Gasteiger partial charge in [-0.2, -0.15) is 0 Å². The molecule has 4 heteroatoms. The number of primary amides is 1. The molecule has 0 saturated heterocycles. The van der Waals surface area contributed by atoms with Gasteiger partial charge in [-0.05, 0) is 13.3 Å². The van der Waals surface area contributed by atoms with Crippen molar-refractivity contribution in [3.8, 4) is 0 Å². The smallest absolute Gasteiger partial charge is 0.217 e. The van der Waals surface area contributed by atoms with Crippen LogP contribution in [0.5, 0.6) is 0 Å². The van der Waals surface area contributed by atoms with E-state index in [0.717, 1.165) is 0 Å². The summed E-state index contributed by atoms with van der Waals surface area (Å²) < 4.78 is 0. The zero-order chi connectivity index (χ0) is 6.57. The van der Waals surface area contributed by atoms with Crippen molar-refractivity contribution in [3.05, 3.63) is 0 Å². The van der Waals surface area contributed by atoms with E-state index >= 15 is 0 Å². The Kier molecular flexibility index (Phi) is 7.48. The number of rotatable bonds is 3. The molecule has 1 amide bonds. The molecule has 0 heterocycles. The van der Waals surface area contributed by atoms with E-state index in [0.29, 0.717) is 12.8 Å². The first-order valence-corrected chi connectivity index (χ1v) is 2.67. The Balaban J connectivity index is 0. The first-order valence-electron chi connectivity index (χ1n) is 2.67. The summed E-state index contributed by atoms with van der Waals surface area (Å²) in [5.41, 5.74) is 10.2. The van der Waals surface area contributed by atoms with Crippen molar-refractivity contribution in [2.24, 2.45) is 11.5 Å². The summed E-state index contributed by atoms with van der Waals surface area (Å²) in [6.45, 7) is 1.85. The topological polar surface area (TPSA) is 69.1 Å². The van der Waals surface area contributed by atoms with Gasteiger partial charge in [0.2, 0.25) is 5.91 Å². The molecule has 1 unspecified atom stereocenters. The molecule has 0 aliphatic carbocycles. The van der Waals surface area contributed by atoms with Crippen molar-refractivity contribution >= 4 is 18.3 Å². The molecule has 0 saturated carbocycles. The van der Waals surface area contributed by atoms with Gasteiger partial charge in [-0.1, -0.05) is 0 Å². The number of hydrogen-bond donors (Lipinski definition) is 2. The number of halogens is 1. The van der Waals surface area contributed by atoms with E-state index in [1.54, 1.807) is 0 Å². The van der Waals surface area contributed by atoms with E-state index in [9.17, 15) is 4.79 Å². The summed E-state index contributed by atoms with van der Waals surface area (Å²) in [7, 11) is 0. The van der Waals surface area contributed by atoms with Gasteiger partial charge in [-0.3, -0.25) is 4.79 Å². The van der Waals surface area contributed by atoms with E-state index < -0.39 is 0 Å². The van der Waals surface area contributed by atoms with Crippen molar-refractivity contribution in [2.75, 3.05) is 0 Å². The average Bonchev–Trinajstić information content (AvgIpc) is 1.61. The maximum absolute atomic E-state index is 10.1. The summed E-state index contributed by atoms with van der Waals surface area (Å²) >= 11 is 0. The molecule has 0 aromatic carbocycles. The normalized spacial score (nSPS) is 11.8. The van der Waals surface area contributed by atoms with Crippen LogP contribution < -0.4 is 11.5 Å². The van der Waals surface area contributed by atoms with Crippen LogP contribution in [-0.2, 0) is 4.79 Å². The minimum Gasteiger partial charge on any atom is -0.370 e. The third kappa shape index (κ3) is 11.3. The third-order valence-corrected chi connectivity index (χ3v) is 0.846. The van der Waals surface area contributed by atoms with Gasteiger partial charge < -0.3 is 11.5 Å². The van der Waals surface area contributed by atoms with E-state index in [1.165, 1.54) is 0 Å². The third-order valence-electron chi connectivity index (χ3n) is 0.846. The van der Waals surface area contributed by atoms with Crippen molar-refractivity contribution < 1.29 is 4.79 Å². The standard InChI is InChI=1S/C5H12N2O.ClH/c1-4(6)2-3-5(7)8;/h4H,2-3,6H2,1H3,(H2,7,8);1H. The van der Waals surface area contributed by atoms with Crippen LogP contribution in [0.3, 0.4) is 0 Å². The molecule has 3 nitrogen and oxygen atoms in total. The first kappa shape index (κ1) is 11.5. The summed E-state index contributed by atoms with van der Waals surface area (Å²) in [4.78, 5) is 10.1. The molecule has 0 aromatic heterocycles. The van der Waals surface area contributed by atoms with Gasteiger partial charge in [0.05, 0.1) is 0 Å². The van der Waals surface area contributed by atoms with E-state index in [-0.39, 0.29) is 24.4 Å². The maximum Gasteiger partial charge on any atom is 0.217 e. The molecule has 1 atom stereocenters. The Bertz CT molecular complexity index is 85.0. The fraction of sp³-hybridized carbons (Fsp3) is 0.800. The largest absolute Gasteiger partial charge is 0.370 e. The Labute approximate surface area is 61.2 Å². The Morgan fingerprint density at radius 3 is 2.22 bits per heavy atom. The van der Waals surface area contributed by atoms with Gasteiger partial charge in [0, 0.05) is 12.5 Å². The Morgan fingerprint density at radius 2 is 2.11 bits per heavy atom. The monoisotopic (exact) mass is 152 g/mol. The van der Waals surface area contributed by atoms with Gasteiger partial charge in [-0.25, -0.2) is 0 Å². The fourth-order valence-electron chi connectivity index (χ4n) is 0.370. The van der Waals surface area contributed by atoms with Crippen LogP contribution in [0.15, 0.2) is 0 Å². The van der Waals surface area contributed by atoms with Crippen LogP contribution in [0.1, 0.15) is 19.8 Å². The van der Waals surface area contributed by atoms with Gasteiger partial charge >= 0.3 is 0 Å². The highest BCUT2D eigenvalue weighted by Gasteiger charge is 1.96. The predicted octanol–water partition coefficient (Wildman–Crippen LogP) is 0.0209. The predicted molar refractivity (Wildman–Crippen MR) is 39.3 cm³/mol.